The molecule has 0 aliphatic carbocycles. The number of carbonyl (C=O) groups is 1. The van der Waals surface area contributed by atoms with Crippen molar-refractivity contribution >= 4 is 17.2 Å². The molecule has 1 N–H and O–H groups in total. The number of nitrogens with one attached hydrogen (secondary N) is 1. The number of carbonyl (C=O) groups excluding carboxylic acids is 1. The molecule has 4 heteroatoms. The molecule has 3 nitrogen and oxygen atoms in total. The third-order valence-electron chi connectivity index (χ3n) is 4.63. The zero-order chi connectivity index (χ0) is 17.2. The van der Waals surface area contributed by atoms with Crippen LogP contribution >= 0.6 is 11.3 Å². The van der Waals surface area contributed by atoms with Crippen LogP contribution in [0.1, 0.15) is 42.8 Å². The number of hydrogen-bond acceptors (Lipinski definition) is 3. The number of benzene rings is 1. The van der Waals surface area contributed by atoms with Gasteiger partial charge in [-0.15, -0.1) is 11.3 Å². The number of rotatable bonds is 4. The molecule has 1 aliphatic rings. The van der Waals surface area contributed by atoms with Crippen LogP contribution in [0.15, 0.2) is 41.8 Å². The van der Waals surface area contributed by atoms with Gasteiger partial charge in [-0.05, 0) is 34.4 Å². The van der Waals surface area contributed by atoms with Crippen LogP contribution in [0, 0.1) is 5.41 Å². The molecule has 0 bridgehead atoms. The molecule has 1 atom stereocenters. The monoisotopic (exact) mass is 342 g/mol. The Labute approximate surface area is 148 Å². The third kappa shape index (κ3) is 3.87. The first-order chi connectivity index (χ1) is 11.4. The summed E-state index contributed by atoms with van der Waals surface area (Å²) in [7, 11) is 0. The summed E-state index contributed by atoms with van der Waals surface area (Å²) in [4.78, 5) is 15.9. The minimum absolute atomic E-state index is 0.0691. The first-order valence-corrected chi connectivity index (χ1v) is 9.44. The van der Waals surface area contributed by atoms with E-state index in [9.17, 15) is 4.79 Å². The number of fused-ring (bicyclic) bond motifs is 1. The largest absolute Gasteiger partial charge is 0.337 e. The minimum Gasteiger partial charge on any atom is -0.337 e. The van der Waals surface area contributed by atoms with Gasteiger partial charge >= 0.3 is 0 Å². The fourth-order valence-electron chi connectivity index (χ4n) is 3.30. The van der Waals surface area contributed by atoms with Crippen LogP contribution < -0.4 is 5.32 Å². The van der Waals surface area contributed by atoms with Gasteiger partial charge in [0.15, 0.2) is 0 Å². The van der Waals surface area contributed by atoms with Crippen LogP contribution in [-0.2, 0) is 17.8 Å². The summed E-state index contributed by atoms with van der Waals surface area (Å²) in [5, 5.41) is 5.60. The molecular formula is C20H26N2OS. The second kappa shape index (κ2) is 7.08. The van der Waals surface area contributed by atoms with Crippen molar-refractivity contribution in [3.63, 3.8) is 0 Å². The highest BCUT2D eigenvalue weighted by atomic mass is 32.1. The van der Waals surface area contributed by atoms with Crippen LogP contribution in [0.3, 0.4) is 0 Å². The van der Waals surface area contributed by atoms with Gasteiger partial charge in [0.1, 0.15) is 0 Å². The van der Waals surface area contributed by atoms with E-state index in [-0.39, 0.29) is 17.4 Å². The summed E-state index contributed by atoms with van der Waals surface area (Å²) in [5.74, 6) is 0.190. The summed E-state index contributed by atoms with van der Waals surface area (Å²) in [6.07, 6.45) is 0.954. The minimum atomic E-state index is 0.0691. The molecule has 1 unspecified atom stereocenters. The maximum Gasteiger partial charge on any atom is 0.236 e. The molecule has 2 aromatic rings. The Kier molecular flexibility index (Phi) is 5.07. The van der Waals surface area contributed by atoms with E-state index in [1.54, 1.807) is 11.3 Å². The fraction of sp³-hybridized carbons (Fsp3) is 0.450. The van der Waals surface area contributed by atoms with Gasteiger partial charge in [0.05, 0.1) is 6.54 Å². The van der Waals surface area contributed by atoms with Gasteiger partial charge in [-0.2, -0.15) is 0 Å². The van der Waals surface area contributed by atoms with Crippen LogP contribution in [0.4, 0.5) is 0 Å². The van der Waals surface area contributed by atoms with E-state index in [1.807, 2.05) is 4.90 Å². The molecule has 0 fully saturated rings. The molecule has 1 aromatic carbocycles. The molecule has 2 heterocycles. The maximum absolute atomic E-state index is 12.7. The lowest BCUT2D eigenvalue weighted by molar-refractivity contribution is -0.131. The molecule has 24 heavy (non-hydrogen) atoms. The molecule has 1 aliphatic heterocycles. The highest BCUT2D eigenvalue weighted by molar-refractivity contribution is 7.10. The van der Waals surface area contributed by atoms with Crippen LogP contribution in [0.5, 0.6) is 0 Å². The highest BCUT2D eigenvalue weighted by Gasteiger charge is 2.28. The van der Waals surface area contributed by atoms with E-state index in [1.165, 1.54) is 16.0 Å². The topological polar surface area (TPSA) is 32.3 Å². The zero-order valence-electron chi connectivity index (χ0n) is 14.7. The van der Waals surface area contributed by atoms with E-state index in [0.717, 1.165) is 19.5 Å². The van der Waals surface area contributed by atoms with Crippen molar-refractivity contribution in [2.75, 3.05) is 13.1 Å². The summed E-state index contributed by atoms with van der Waals surface area (Å²) in [6.45, 7) is 8.58. The number of nitrogens with zero attached hydrogens (tertiary/aromatic N) is 1. The molecule has 128 valence electrons. The van der Waals surface area contributed by atoms with Crippen molar-refractivity contribution in [2.24, 2.45) is 5.41 Å². The predicted octanol–water partition coefficient (Wildman–Crippen LogP) is 4.01. The van der Waals surface area contributed by atoms with Gasteiger partial charge in [-0.1, -0.05) is 51.1 Å². The fourth-order valence-corrected chi connectivity index (χ4v) is 4.34. The first-order valence-electron chi connectivity index (χ1n) is 8.56. The zero-order valence-corrected chi connectivity index (χ0v) is 15.5. The van der Waals surface area contributed by atoms with Gasteiger partial charge in [0, 0.05) is 24.0 Å². The average molecular weight is 343 g/mol. The van der Waals surface area contributed by atoms with E-state index in [0.29, 0.717) is 6.54 Å². The van der Waals surface area contributed by atoms with Crippen LogP contribution in [0.25, 0.3) is 0 Å². The molecule has 0 spiro atoms. The number of thiophene rings is 1. The summed E-state index contributed by atoms with van der Waals surface area (Å²) in [5.41, 5.74) is 2.72. The Bertz CT molecular complexity index is 688. The molecule has 0 radical (unpaired) electrons. The number of hydrogen-bond donors (Lipinski definition) is 1. The first kappa shape index (κ1) is 17.2. The molecule has 3 rings (SSSR count). The van der Waals surface area contributed by atoms with Crippen molar-refractivity contribution < 1.29 is 4.79 Å². The van der Waals surface area contributed by atoms with E-state index < -0.39 is 0 Å². The lowest BCUT2D eigenvalue weighted by Gasteiger charge is -2.33. The second-order valence-corrected chi connectivity index (χ2v) is 8.51. The lowest BCUT2D eigenvalue weighted by Crippen LogP contribution is -2.43. The van der Waals surface area contributed by atoms with Crippen molar-refractivity contribution in [3.05, 3.63) is 57.8 Å². The quantitative estimate of drug-likeness (QED) is 0.910. The Balaban J connectivity index is 1.63. The van der Waals surface area contributed by atoms with Crippen LogP contribution in [-0.4, -0.2) is 23.9 Å². The molecule has 0 saturated heterocycles. The normalized spacial score (nSPS) is 15.9. The van der Waals surface area contributed by atoms with Crippen molar-refractivity contribution in [2.45, 2.75) is 39.8 Å². The molecule has 1 aromatic heterocycles. The van der Waals surface area contributed by atoms with Gasteiger partial charge in [0.2, 0.25) is 5.91 Å². The van der Waals surface area contributed by atoms with E-state index >= 15 is 0 Å². The van der Waals surface area contributed by atoms with E-state index in [2.05, 4.69) is 67.9 Å². The Morgan fingerprint density at radius 3 is 2.62 bits per heavy atom. The standard InChI is InChI=1S/C20H26N2OS/c1-20(2,3)19(17-9-6-12-24-17)21-13-18(23)22-11-10-15-7-4-5-8-16(15)14-22/h4-9,12,19,21H,10-11,13-14H2,1-3H3. The Hall–Kier alpha value is -1.65. The maximum atomic E-state index is 12.7. The van der Waals surface area contributed by atoms with Gasteiger partial charge in [0.25, 0.3) is 0 Å². The van der Waals surface area contributed by atoms with Gasteiger partial charge in [-0.25, -0.2) is 0 Å². The predicted molar refractivity (Wildman–Crippen MR) is 100 cm³/mol. The van der Waals surface area contributed by atoms with Crippen molar-refractivity contribution in [3.8, 4) is 0 Å². The Morgan fingerprint density at radius 2 is 1.96 bits per heavy atom. The second-order valence-electron chi connectivity index (χ2n) is 7.53. The number of amides is 1. The Morgan fingerprint density at radius 1 is 1.21 bits per heavy atom. The lowest BCUT2D eigenvalue weighted by atomic mass is 9.86. The molecule has 1 amide bonds. The molecular weight excluding hydrogens is 316 g/mol. The molecule has 0 saturated carbocycles. The van der Waals surface area contributed by atoms with Crippen molar-refractivity contribution in [1.82, 2.24) is 10.2 Å². The van der Waals surface area contributed by atoms with E-state index in [4.69, 9.17) is 0 Å². The van der Waals surface area contributed by atoms with Gasteiger partial charge in [-0.3, -0.25) is 4.79 Å². The third-order valence-corrected chi connectivity index (χ3v) is 5.57. The van der Waals surface area contributed by atoms with Crippen LogP contribution in [0.2, 0.25) is 0 Å². The SMILES string of the molecule is CC(C)(C)C(NCC(=O)N1CCc2ccccc2C1)c1cccs1. The highest BCUT2D eigenvalue weighted by Crippen LogP contribution is 2.35. The van der Waals surface area contributed by atoms with Gasteiger partial charge < -0.3 is 10.2 Å². The summed E-state index contributed by atoms with van der Waals surface area (Å²) < 4.78 is 0. The smallest absolute Gasteiger partial charge is 0.236 e. The summed E-state index contributed by atoms with van der Waals surface area (Å²) >= 11 is 1.75. The van der Waals surface area contributed by atoms with Crippen molar-refractivity contribution in [1.29, 1.82) is 0 Å². The summed E-state index contributed by atoms with van der Waals surface area (Å²) in [6, 6.07) is 12.8. The average Bonchev–Trinajstić information content (AvgIpc) is 3.07.